The molecule has 0 radical (unpaired) electrons. The van der Waals surface area contributed by atoms with Crippen LogP contribution < -0.4 is 15.5 Å². The number of anilines is 2. The summed E-state index contributed by atoms with van der Waals surface area (Å²) < 4.78 is 13.0. The predicted molar refractivity (Wildman–Crippen MR) is 141 cm³/mol. The molecule has 5 rings (SSSR count). The summed E-state index contributed by atoms with van der Waals surface area (Å²) in [5.74, 6) is -0.0893. The number of nitrogens with zero attached hydrogens (tertiary/aromatic N) is 4. The third-order valence-corrected chi connectivity index (χ3v) is 7.09. The second kappa shape index (κ2) is 11.3. The lowest BCUT2D eigenvalue weighted by Crippen LogP contribution is -2.36. The molecular formula is C27H36N6O3. The summed E-state index contributed by atoms with van der Waals surface area (Å²) in [6.45, 7) is 9.94. The number of amides is 1. The van der Waals surface area contributed by atoms with Gasteiger partial charge in [0.2, 0.25) is 0 Å². The summed E-state index contributed by atoms with van der Waals surface area (Å²) >= 11 is 0. The second-order valence-corrected chi connectivity index (χ2v) is 9.33. The fraction of sp³-hybridized carbons (Fsp3) is 0.519. The van der Waals surface area contributed by atoms with Crippen LogP contribution in [0, 0.1) is 0 Å². The molecule has 2 fully saturated rings. The first kappa shape index (κ1) is 24.5. The molecule has 192 valence electrons. The maximum atomic E-state index is 13.2. The molecule has 0 saturated carbocycles. The Bertz CT molecular complexity index is 1200. The highest BCUT2D eigenvalue weighted by atomic mass is 16.5. The Labute approximate surface area is 212 Å². The van der Waals surface area contributed by atoms with Gasteiger partial charge < -0.3 is 25.0 Å². The SMILES string of the molecule is CCc1nc2c(cnn2CC)c(NC2CCOCC2)c1CNC(=O)c1cccc(N2CCOCC2)c1. The van der Waals surface area contributed by atoms with Crippen molar-refractivity contribution in [2.45, 2.75) is 52.2 Å². The van der Waals surface area contributed by atoms with Gasteiger partial charge >= 0.3 is 0 Å². The van der Waals surface area contributed by atoms with E-state index in [0.717, 1.165) is 85.8 Å². The number of carbonyl (C=O) groups is 1. The number of fused-ring (bicyclic) bond motifs is 1. The van der Waals surface area contributed by atoms with Crippen molar-refractivity contribution < 1.29 is 14.3 Å². The minimum Gasteiger partial charge on any atom is -0.381 e. The molecule has 0 aliphatic carbocycles. The number of morpholine rings is 1. The molecule has 2 aliphatic heterocycles. The summed E-state index contributed by atoms with van der Waals surface area (Å²) in [5.41, 5.74) is 5.64. The lowest BCUT2D eigenvalue weighted by molar-refractivity contribution is 0.0904. The van der Waals surface area contributed by atoms with E-state index in [-0.39, 0.29) is 5.91 Å². The van der Waals surface area contributed by atoms with Crippen LogP contribution in [0.25, 0.3) is 11.0 Å². The quantitative estimate of drug-likeness (QED) is 0.498. The smallest absolute Gasteiger partial charge is 0.251 e. The average Bonchev–Trinajstić information content (AvgIpc) is 3.36. The number of hydrogen-bond donors (Lipinski definition) is 2. The number of nitrogens with one attached hydrogen (secondary N) is 2. The van der Waals surface area contributed by atoms with Crippen molar-refractivity contribution in [3.63, 3.8) is 0 Å². The second-order valence-electron chi connectivity index (χ2n) is 9.33. The van der Waals surface area contributed by atoms with E-state index in [0.29, 0.717) is 31.4 Å². The van der Waals surface area contributed by atoms with Crippen LogP contribution >= 0.6 is 0 Å². The van der Waals surface area contributed by atoms with E-state index in [1.165, 1.54) is 0 Å². The average molecular weight is 493 g/mol. The van der Waals surface area contributed by atoms with E-state index in [1.807, 2.05) is 29.1 Å². The third-order valence-electron chi connectivity index (χ3n) is 7.09. The molecule has 0 spiro atoms. The van der Waals surface area contributed by atoms with Gasteiger partial charge in [-0.25, -0.2) is 9.67 Å². The topological polar surface area (TPSA) is 93.5 Å². The molecule has 9 heteroatoms. The van der Waals surface area contributed by atoms with Gasteiger partial charge in [-0.1, -0.05) is 13.0 Å². The number of hydrogen-bond acceptors (Lipinski definition) is 7. The molecule has 0 bridgehead atoms. The number of carbonyl (C=O) groups excluding carboxylic acids is 1. The minimum atomic E-state index is -0.0893. The highest BCUT2D eigenvalue weighted by Gasteiger charge is 2.22. The lowest BCUT2D eigenvalue weighted by Gasteiger charge is -2.29. The highest BCUT2D eigenvalue weighted by molar-refractivity contribution is 5.96. The zero-order chi connectivity index (χ0) is 24.9. The van der Waals surface area contributed by atoms with Crippen LogP contribution in [0.3, 0.4) is 0 Å². The van der Waals surface area contributed by atoms with Gasteiger partial charge in [-0.05, 0) is 44.4 Å². The Hall–Kier alpha value is -3.17. The standard InChI is InChI=1S/C27H36N6O3/c1-3-24-22(17-28-27(34)19-6-5-7-21(16-19)32-10-14-36-15-11-32)25(30-20-8-12-35-13-9-20)23-18-29-33(4-2)26(23)31-24/h5-7,16,18,20H,3-4,8-15,17H2,1-2H3,(H,28,34)(H,30,31). The van der Waals surface area contributed by atoms with Gasteiger partial charge in [0.15, 0.2) is 5.65 Å². The van der Waals surface area contributed by atoms with Gasteiger partial charge in [0.05, 0.1) is 30.5 Å². The Morgan fingerprint density at radius 1 is 1.11 bits per heavy atom. The lowest BCUT2D eigenvalue weighted by atomic mass is 10.0. The molecule has 3 aromatic rings. The summed E-state index contributed by atoms with van der Waals surface area (Å²) in [4.78, 5) is 20.5. The monoisotopic (exact) mass is 492 g/mol. The molecule has 36 heavy (non-hydrogen) atoms. The highest BCUT2D eigenvalue weighted by Crippen LogP contribution is 2.31. The van der Waals surface area contributed by atoms with Gasteiger partial charge in [-0.2, -0.15) is 5.10 Å². The molecule has 1 amide bonds. The largest absolute Gasteiger partial charge is 0.381 e. The number of pyridine rings is 1. The fourth-order valence-corrected chi connectivity index (χ4v) is 5.04. The molecule has 2 N–H and O–H groups in total. The van der Waals surface area contributed by atoms with Crippen LogP contribution in [-0.2, 0) is 29.0 Å². The predicted octanol–water partition coefficient (Wildman–Crippen LogP) is 3.37. The Kier molecular flexibility index (Phi) is 7.67. The van der Waals surface area contributed by atoms with Gasteiger partial charge in [-0.3, -0.25) is 4.79 Å². The van der Waals surface area contributed by atoms with Crippen molar-refractivity contribution in [1.82, 2.24) is 20.1 Å². The van der Waals surface area contributed by atoms with E-state index < -0.39 is 0 Å². The molecule has 2 aromatic heterocycles. The molecule has 2 aliphatic rings. The van der Waals surface area contributed by atoms with Crippen molar-refractivity contribution >= 4 is 28.3 Å². The first-order valence-corrected chi connectivity index (χ1v) is 13.1. The Morgan fingerprint density at radius 2 is 1.89 bits per heavy atom. The molecule has 2 saturated heterocycles. The van der Waals surface area contributed by atoms with E-state index >= 15 is 0 Å². The van der Waals surface area contributed by atoms with Crippen LogP contribution in [0.1, 0.15) is 48.3 Å². The van der Waals surface area contributed by atoms with E-state index in [4.69, 9.17) is 14.5 Å². The number of benzene rings is 1. The zero-order valence-electron chi connectivity index (χ0n) is 21.3. The van der Waals surface area contributed by atoms with Crippen molar-refractivity contribution in [1.29, 1.82) is 0 Å². The zero-order valence-corrected chi connectivity index (χ0v) is 21.3. The Balaban J connectivity index is 1.41. The maximum Gasteiger partial charge on any atom is 0.251 e. The molecule has 1 aromatic carbocycles. The van der Waals surface area contributed by atoms with Crippen molar-refractivity contribution in [3.05, 3.63) is 47.3 Å². The van der Waals surface area contributed by atoms with Crippen molar-refractivity contribution in [2.75, 3.05) is 49.7 Å². The minimum absolute atomic E-state index is 0.0893. The van der Waals surface area contributed by atoms with Crippen LogP contribution in [0.5, 0.6) is 0 Å². The normalized spacial score (nSPS) is 16.9. The summed E-state index contributed by atoms with van der Waals surface area (Å²) in [5, 5.41) is 12.5. The van der Waals surface area contributed by atoms with Gasteiger partial charge in [-0.15, -0.1) is 0 Å². The fourth-order valence-electron chi connectivity index (χ4n) is 5.04. The first-order valence-electron chi connectivity index (χ1n) is 13.1. The van der Waals surface area contributed by atoms with Gasteiger partial charge in [0.25, 0.3) is 5.91 Å². The van der Waals surface area contributed by atoms with Crippen molar-refractivity contribution in [3.8, 4) is 0 Å². The summed E-state index contributed by atoms with van der Waals surface area (Å²) in [6, 6.07) is 8.15. The van der Waals surface area contributed by atoms with E-state index in [9.17, 15) is 4.79 Å². The summed E-state index contributed by atoms with van der Waals surface area (Å²) in [7, 11) is 0. The Morgan fingerprint density at radius 3 is 2.64 bits per heavy atom. The van der Waals surface area contributed by atoms with E-state index in [2.05, 4.69) is 40.5 Å². The van der Waals surface area contributed by atoms with Crippen LogP contribution in [0.15, 0.2) is 30.5 Å². The maximum absolute atomic E-state index is 13.2. The van der Waals surface area contributed by atoms with Gasteiger partial charge in [0, 0.05) is 67.9 Å². The number of aryl methyl sites for hydroxylation is 2. The van der Waals surface area contributed by atoms with Crippen molar-refractivity contribution in [2.24, 2.45) is 0 Å². The molecular weight excluding hydrogens is 456 g/mol. The number of ether oxygens (including phenoxy) is 2. The molecule has 0 atom stereocenters. The van der Waals surface area contributed by atoms with E-state index in [1.54, 1.807) is 0 Å². The first-order chi connectivity index (χ1) is 17.7. The molecule has 4 heterocycles. The summed E-state index contributed by atoms with van der Waals surface area (Å²) in [6.07, 6.45) is 4.57. The van der Waals surface area contributed by atoms with Gasteiger partial charge in [0.1, 0.15) is 0 Å². The molecule has 0 unspecified atom stereocenters. The third kappa shape index (κ3) is 5.17. The molecule has 9 nitrogen and oxygen atoms in total. The van der Waals surface area contributed by atoms with Crippen LogP contribution in [0.4, 0.5) is 11.4 Å². The van der Waals surface area contributed by atoms with Crippen LogP contribution in [0.2, 0.25) is 0 Å². The van der Waals surface area contributed by atoms with Crippen LogP contribution in [-0.4, -0.2) is 66.2 Å². The number of aromatic nitrogens is 3. The number of rotatable bonds is 8.